The molecule has 2 heteroatoms. The van der Waals surface area contributed by atoms with Crippen molar-refractivity contribution in [3.05, 3.63) is 23.2 Å². The van der Waals surface area contributed by atoms with Crippen LogP contribution in [0.5, 0.6) is 0 Å². The molecule has 118 valence electrons. The molecular weight excluding hydrogens is 273 g/mol. The average molecular weight is 305 g/mol. The summed E-state index contributed by atoms with van der Waals surface area (Å²) in [7, 11) is 4.58. The fourth-order valence-corrected chi connectivity index (χ4v) is 8.76. The minimum absolute atomic E-state index is 0.106. The average Bonchev–Trinajstić information content (AvgIpc) is 2.99. The van der Waals surface area contributed by atoms with Crippen molar-refractivity contribution in [2.45, 2.75) is 81.9 Å². The highest BCUT2D eigenvalue weighted by atomic mass is 31.1. The van der Waals surface area contributed by atoms with Crippen LogP contribution in [0.15, 0.2) is 23.2 Å². The van der Waals surface area contributed by atoms with Crippen LogP contribution in [0, 0.1) is 0 Å². The molecule has 0 spiro atoms. The summed E-state index contributed by atoms with van der Waals surface area (Å²) in [5.74, 6) is 0. The normalized spacial score (nSPS) is 25.1. The minimum atomic E-state index is 0.106. The summed E-state index contributed by atoms with van der Waals surface area (Å²) in [4.78, 5) is 2.37. The second-order valence-corrected chi connectivity index (χ2v) is 10.1. The molecule has 3 aliphatic rings. The van der Waals surface area contributed by atoms with Gasteiger partial charge in [-0.15, -0.1) is 0 Å². The number of hydrogen-bond acceptors (Lipinski definition) is 1. The van der Waals surface area contributed by atoms with Gasteiger partial charge in [0.15, 0.2) is 0 Å². The lowest BCUT2D eigenvalue weighted by Gasteiger charge is -2.40. The minimum Gasteiger partial charge on any atom is -0.377 e. The number of likely N-dealkylation sites (N-methyl/N-ethyl adjacent to an activating group) is 1. The van der Waals surface area contributed by atoms with Crippen molar-refractivity contribution in [1.82, 2.24) is 4.90 Å². The molecule has 0 heterocycles. The summed E-state index contributed by atoms with van der Waals surface area (Å²) < 4.78 is 0. The van der Waals surface area contributed by atoms with E-state index in [2.05, 4.69) is 31.1 Å². The van der Waals surface area contributed by atoms with Gasteiger partial charge in [0.2, 0.25) is 0 Å². The van der Waals surface area contributed by atoms with Crippen molar-refractivity contribution in [1.29, 1.82) is 0 Å². The van der Waals surface area contributed by atoms with Gasteiger partial charge in [-0.2, -0.15) is 0 Å². The second kappa shape index (κ2) is 7.32. The Morgan fingerprint density at radius 2 is 1.38 bits per heavy atom. The molecule has 0 aromatic heterocycles. The number of allylic oxidation sites excluding steroid dienone is 3. The van der Waals surface area contributed by atoms with Gasteiger partial charge >= 0.3 is 0 Å². The van der Waals surface area contributed by atoms with E-state index in [0.717, 1.165) is 11.3 Å². The smallest absolute Gasteiger partial charge is 0.0398 e. The fraction of sp³-hybridized carbons (Fsp3) is 0.789. The third-order valence-corrected chi connectivity index (χ3v) is 9.25. The monoisotopic (exact) mass is 305 g/mol. The standard InChI is InChI=1S/C19H32NP/c1-20(2)18-14-9-15-19(18)21(16-10-5-3-6-11-16)17-12-7-4-8-13-17/h9,14,16-17H,3-8,10-13,15H2,1-2H3. The summed E-state index contributed by atoms with van der Waals surface area (Å²) in [6, 6.07) is 0. The first-order valence-electron chi connectivity index (χ1n) is 9.12. The van der Waals surface area contributed by atoms with E-state index < -0.39 is 0 Å². The summed E-state index contributed by atoms with van der Waals surface area (Å²) in [5, 5.41) is 1.86. The zero-order chi connectivity index (χ0) is 14.7. The van der Waals surface area contributed by atoms with Crippen LogP contribution in [0.1, 0.15) is 70.6 Å². The first-order valence-corrected chi connectivity index (χ1v) is 10.6. The largest absolute Gasteiger partial charge is 0.377 e. The van der Waals surface area contributed by atoms with E-state index in [1.807, 2.05) is 5.31 Å². The van der Waals surface area contributed by atoms with Gasteiger partial charge in [0, 0.05) is 19.8 Å². The zero-order valence-electron chi connectivity index (χ0n) is 14.0. The van der Waals surface area contributed by atoms with E-state index in [1.54, 1.807) is 5.70 Å². The lowest BCUT2D eigenvalue weighted by molar-refractivity contribution is 0.484. The van der Waals surface area contributed by atoms with Crippen molar-refractivity contribution in [2.24, 2.45) is 0 Å². The first kappa shape index (κ1) is 15.6. The van der Waals surface area contributed by atoms with Crippen molar-refractivity contribution >= 4 is 7.92 Å². The Hall–Kier alpha value is -0.290. The Morgan fingerprint density at radius 3 is 1.86 bits per heavy atom. The second-order valence-electron chi connectivity index (χ2n) is 7.32. The molecule has 0 N–H and O–H groups in total. The Balaban J connectivity index is 1.85. The van der Waals surface area contributed by atoms with Crippen LogP contribution in [0.25, 0.3) is 0 Å². The van der Waals surface area contributed by atoms with Crippen molar-refractivity contribution in [3.8, 4) is 0 Å². The predicted molar refractivity (Wildman–Crippen MR) is 95.1 cm³/mol. The maximum absolute atomic E-state index is 2.42. The van der Waals surface area contributed by atoms with Gasteiger partial charge in [-0.25, -0.2) is 0 Å². The van der Waals surface area contributed by atoms with Crippen molar-refractivity contribution < 1.29 is 0 Å². The maximum Gasteiger partial charge on any atom is 0.0398 e. The number of nitrogens with zero attached hydrogens (tertiary/aromatic N) is 1. The SMILES string of the molecule is CN(C)C1=C(P(C2CCCCC2)C2CCCCC2)CC=C1. The van der Waals surface area contributed by atoms with Gasteiger partial charge in [-0.1, -0.05) is 52.5 Å². The zero-order valence-corrected chi connectivity index (χ0v) is 14.9. The molecule has 2 saturated carbocycles. The molecule has 21 heavy (non-hydrogen) atoms. The Bertz CT molecular complexity index is 380. The van der Waals surface area contributed by atoms with Gasteiger partial charge in [-0.05, 0) is 54.8 Å². The van der Waals surface area contributed by atoms with Crippen LogP contribution in [0.3, 0.4) is 0 Å². The lowest BCUT2D eigenvalue weighted by Crippen LogP contribution is -2.22. The van der Waals surface area contributed by atoms with Gasteiger partial charge < -0.3 is 4.90 Å². The van der Waals surface area contributed by atoms with E-state index in [9.17, 15) is 0 Å². The van der Waals surface area contributed by atoms with Gasteiger partial charge in [0.1, 0.15) is 0 Å². The van der Waals surface area contributed by atoms with Crippen molar-refractivity contribution in [2.75, 3.05) is 14.1 Å². The quantitative estimate of drug-likeness (QED) is 0.587. The molecule has 0 saturated heterocycles. The molecule has 0 aromatic rings. The highest BCUT2D eigenvalue weighted by Crippen LogP contribution is 2.63. The molecule has 3 rings (SSSR count). The van der Waals surface area contributed by atoms with E-state index in [-0.39, 0.29) is 7.92 Å². The van der Waals surface area contributed by atoms with Crippen molar-refractivity contribution in [3.63, 3.8) is 0 Å². The Morgan fingerprint density at radius 1 is 0.857 bits per heavy atom. The molecule has 0 unspecified atom stereocenters. The fourth-order valence-electron chi connectivity index (χ4n) is 4.59. The molecule has 0 bridgehead atoms. The molecule has 3 aliphatic carbocycles. The van der Waals surface area contributed by atoms with Crippen LogP contribution < -0.4 is 0 Å². The number of hydrogen-bond donors (Lipinski definition) is 0. The molecule has 0 aliphatic heterocycles. The Kier molecular flexibility index (Phi) is 5.43. The molecule has 0 aromatic carbocycles. The summed E-state index contributed by atoms with van der Waals surface area (Å²) in [6.45, 7) is 0. The third kappa shape index (κ3) is 3.55. The maximum atomic E-state index is 2.42. The van der Waals surface area contributed by atoms with Crippen LogP contribution in [-0.4, -0.2) is 30.3 Å². The lowest BCUT2D eigenvalue weighted by atomic mass is 9.99. The molecule has 1 nitrogen and oxygen atoms in total. The van der Waals surface area contributed by atoms with Gasteiger partial charge in [-0.3, -0.25) is 0 Å². The molecule has 0 radical (unpaired) electrons. The molecular formula is C19H32NP. The van der Waals surface area contributed by atoms with E-state index in [1.165, 1.54) is 70.6 Å². The van der Waals surface area contributed by atoms with Crippen LogP contribution in [0.4, 0.5) is 0 Å². The summed E-state index contributed by atoms with van der Waals surface area (Å²) in [6.07, 6.45) is 21.1. The van der Waals surface area contributed by atoms with Crippen LogP contribution >= 0.6 is 7.92 Å². The van der Waals surface area contributed by atoms with E-state index >= 15 is 0 Å². The Labute approximate surface area is 132 Å². The molecule has 2 fully saturated rings. The number of rotatable bonds is 4. The highest BCUT2D eigenvalue weighted by molar-refractivity contribution is 7.63. The first-order chi connectivity index (χ1) is 10.3. The summed E-state index contributed by atoms with van der Waals surface area (Å²) in [5.41, 5.74) is 3.65. The van der Waals surface area contributed by atoms with Gasteiger partial charge in [0.05, 0.1) is 0 Å². The topological polar surface area (TPSA) is 3.24 Å². The van der Waals surface area contributed by atoms with Gasteiger partial charge in [0.25, 0.3) is 0 Å². The third-order valence-electron chi connectivity index (χ3n) is 5.61. The van der Waals surface area contributed by atoms with Crippen LogP contribution in [-0.2, 0) is 0 Å². The summed E-state index contributed by atoms with van der Waals surface area (Å²) >= 11 is 0. The van der Waals surface area contributed by atoms with E-state index in [4.69, 9.17) is 0 Å². The molecule has 0 atom stereocenters. The van der Waals surface area contributed by atoms with E-state index in [0.29, 0.717) is 0 Å². The highest BCUT2D eigenvalue weighted by Gasteiger charge is 2.35. The predicted octanol–water partition coefficient (Wildman–Crippen LogP) is 5.87. The molecule has 0 amide bonds. The van der Waals surface area contributed by atoms with Crippen LogP contribution in [0.2, 0.25) is 0 Å².